The van der Waals surface area contributed by atoms with Gasteiger partial charge in [0.2, 0.25) is 0 Å². The first-order valence-corrected chi connectivity index (χ1v) is 7.70. The number of hydrogen-bond donors (Lipinski definition) is 1. The van der Waals surface area contributed by atoms with E-state index in [-0.39, 0.29) is 0 Å². The molecule has 0 aromatic carbocycles. The Balaban J connectivity index is 1.81. The van der Waals surface area contributed by atoms with Crippen LogP contribution in [0.25, 0.3) is 0 Å². The molecule has 0 atom stereocenters. The molecule has 3 nitrogen and oxygen atoms in total. The summed E-state index contributed by atoms with van der Waals surface area (Å²) in [5.41, 5.74) is 2.64. The van der Waals surface area contributed by atoms with Gasteiger partial charge in [-0.3, -0.25) is 4.68 Å². The summed E-state index contributed by atoms with van der Waals surface area (Å²) in [7, 11) is 0. The maximum Gasteiger partial charge on any atom is 0.0664 e. The Hall–Kier alpha value is -1.09. The summed E-state index contributed by atoms with van der Waals surface area (Å²) in [6, 6.07) is 2.84. The molecule has 1 aliphatic rings. The van der Waals surface area contributed by atoms with Gasteiger partial charge in [0.05, 0.1) is 11.7 Å². The molecule has 1 aliphatic carbocycles. The van der Waals surface area contributed by atoms with E-state index in [9.17, 15) is 0 Å². The van der Waals surface area contributed by atoms with Crippen molar-refractivity contribution in [3.63, 3.8) is 0 Å². The van der Waals surface area contributed by atoms with Crippen molar-refractivity contribution in [3.8, 4) is 0 Å². The zero-order chi connectivity index (χ0) is 13.5. The number of nitrogens with one attached hydrogen (secondary N) is 1. The van der Waals surface area contributed by atoms with E-state index in [2.05, 4.69) is 42.2 Å². The van der Waals surface area contributed by atoms with E-state index in [0.29, 0.717) is 6.04 Å². The molecular weight excluding hydrogens is 234 g/mol. The predicted molar refractivity (Wildman–Crippen MR) is 80.4 cm³/mol. The Morgan fingerprint density at radius 3 is 3.00 bits per heavy atom. The van der Waals surface area contributed by atoms with E-state index < -0.39 is 0 Å². The lowest BCUT2D eigenvalue weighted by Gasteiger charge is -2.08. The van der Waals surface area contributed by atoms with Gasteiger partial charge in [-0.15, -0.1) is 0 Å². The molecule has 3 heteroatoms. The van der Waals surface area contributed by atoms with Crippen molar-refractivity contribution >= 4 is 0 Å². The number of aromatic nitrogens is 2. The fraction of sp³-hybridized carbons (Fsp3) is 0.688. The van der Waals surface area contributed by atoms with Crippen LogP contribution < -0.4 is 5.32 Å². The maximum atomic E-state index is 4.74. The lowest BCUT2D eigenvalue weighted by molar-refractivity contribution is 0.463. The highest BCUT2D eigenvalue weighted by Gasteiger charge is 2.17. The molecule has 0 radical (unpaired) electrons. The smallest absolute Gasteiger partial charge is 0.0664 e. The van der Waals surface area contributed by atoms with Gasteiger partial charge in [-0.1, -0.05) is 31.4 Å². The van der Waals surface area contributed by atoms with Gasteiger partial charge in [0.15, 0.2) is 0 Å². The third-order valence-electron chi connectivity index (χ3n) is 3.89. The third-order valence-corrected chi connectivity index (χ3v) is 3.89. The summed E-state index contributed by atoms with van der Waals surface area (Å²) in [6.45, 7) is 6.48. The van der Waals surface area contributed by atoms with Gasteiger partial charge in [0, 0.05) is 12.6 Å². The van der Waals surface area contributed by atoms with Crippen molar-refractivity contribution < 1.29 is 0 Å². The van der Waals surface area contributed by atoms with Gasteiger partial charge < -0.3 is 5.32 Å². The van der Waals surface area contributed by atoms with Crippen molar-refractivity contribution in [1.29, 1.82) is 0 Å². The molecule has 1 fully saturated rings. The van der Waals surface area contributed by atoms with Crippen LogP contribution in [0.5, 0.6) is 0 Å². The van der Waals surface area contributed by atoms with Crippen LogP contribution in [0.2, 0.25) is 0 Å². The zero-order valence-corrected chi connectivity index (χ0v) is 12.4. The zero-order valence-electron chi connectivity index (χ0n) is 12.4. The molecule has 2 rings (SSSR count). The van der Waals surface area contributed by atoms with Crippen molar-refractivity contribution in [2.75, 3.05) is 13.1 Å². The molecule has 0 saturated heterocycles. The lowest BCUT2D eigenvalue weighted by atomic mass is 10.1. The highest BCUT2D eigenvalue weighted by Crippen LogP contribution is 2.28. The highest BCUT2D eigenvalue weighted by atomic mass is 15.3. The van der Waals surface area contributed by atoms with Gasteiger partial charge in [-0.05, 0) is 45.3 Å². The summed E-state index contributed by atoms with van der Waals surface area (Å²) >= 11 is 0. The topological polar surface area (TPSA) is 29.9 Å². The van der Waals surface area contributed by atoms with Crippen molar-refractivity contribution in [1.82, 2.24) is 15.1 Å². The minimum absolute atomic E-state index is 0.659. The first-order valence-electron chi connectivity index (χ1n) is 7.70. The molecule has 106 valence electrons. The van der Waals surface area contributed by atoms with Gasteiger partial charge in [0.25, 0.3) is 0 Å². The Morgan fingerprint density at radius 1 is 1.47 bits per heavy atom. The van der Waals surface area contributed by atoms with E-state index in [0.717, 1.165) is 25.9 Å². The molecule has 0 amide bonds. The normalized spacial score (nSPS) is 17.3. The first-order chi connectivity index (χ1) is 9.29. The minimum Gasteiger partial charge on any atom is -0.317 e. The molecule has 1 aromatic rings. The molecule has 19 heavy (non-hydrogen) atoms. The third kappa shape index (κ3) is 4.50. The van der Waals surface area contributed by atoms with Crippen molar-refractivity contribution in [2.45, 2.75) is 58.4 Å². The summed E-state index contributed by atoms with van der Waals surface area (Å²) in [4.78, 5) is 0. The van der Waals surface area contributed by atoms with Gasteiger partial charge in [-0.25, -0.2) is 0 Å². The Bertz CT molecular complexity index is 400. The van der Waals surface area contributed by atoms with Crippen LogP contribution in [-0.2, 0) is 6.42 Å². The predicted octanol–water partition coefficient (Wildman–Crippen LogP) is 3.49. The molecule has 1 N–H and O–H groups in total. The SMILES string of the molecule is CCNCCC=C(C)Cc1ccn(C2CCCC2)n1. The molecule has 0 unspecified atom stereocenters. The second-order valence-electron chi connectivity index (χ2n) is 5.59. The summed E-state index contributed by atoms with van der Waals surface area (Å²) in [5.74, 6) is 0. The monoisotopic (exact) mass is 261 g/mol. The summed E-state index contributed by atoms with van der Waals surface area (Å²) in [5, 5.41) is 8.08. The average Bonchev–Trinajstić information content (AvgIpc) is 3.04. The summed E-state index contributed by atoms with van der Waals surface area (Å²) < 4.78 is 2.19. The van der Waals surface area contributed by atoms with Crippen LogP contribution in [0.4, 0.5) is 0 Å². The summed E-state index contributed by atoms with van der Waals surface area (Å²) in [6.07, 6.45) is 11.9. The van der Waals surface area contributed by atoms with Crippen molar-refractivity contribution in [2.24, 2.45) is 0 Å². The molecule has 0 spiro atoms. The van der Waals surface area contributed by atoms with E-state index in [4.69, 9.17) is 5.10 Å². The van der Waals surface area contributed by atoms with Crippen LogP contribution in [0.15, 0.2) is 23.9 Å². The Labute approximate surface area is 117 Å². The number of hydrogen-bond acceptors (Lipinski definition) is 2. The molecule has 1 heterocycles. The average molecular weight is 261 g/mol. The van der Waals surface area contributed by atoms with Gasteiger partial charge >= 0.3 is 0 Å². The Morgan fingerprint density at radius 2 is 2.26 bits per heavy atom. The van der Waals surface area contributed by atoms with E-state index in [1.807, 2.05) is 0 Å². The number of nitrogens with zero attached hydrogens (tertiary/aromatic N) is 2. The Kier molecular flexibility index (Phi) is 5.64. The van der Waals surface area contributed by atoms with Crippen LogP contribution in [0, 0.1) is 0 Å². The molecule has 1 saturated carbocycles. The fourth-order valence-electron chi connectivity index (χ4n) is 2.80. The number of allylic oxidation sites excluding steroid dienone is 1. The molecular formula is C16H27N3. The van der Waals surface area contributed by atoms with Crippen LogP contribution in [-0.4, -0.2) is 22.9 Å². The van der Waals surface area contributed by atoms with Crippen molar-refractivity contribution in [3.05, 3.63) is 29.6 Å². The molecule has 0 bridgehead atoms. The molecule has 0 aliphatic heterocycles. The van der Waals surface area contributed by atoms with Gasteiger partial charge in [-0.2, -0.15) is 5.10 Å². The second-order valence-corrected chi connectivity index (χ2v) is 5.59. The lowest BCUT2D eigenvalue weighted by Crippen LogP contribution is -2.13. The van der Waals surface area contributed by atoms with Crippen LogP contribution in [0.3, 0.4) is 0 Å². The standard InChI is InChI=1S/C16H27N3/c1-3-17-11-6-7-14(2)13-15-10-12-19(18-15)16-8-4-5-9-16/h7,10,12,16-17H,3-6,8-9,11,13H2,1-2H3. The number of rotatable bonds is 7. The molecule has 1 aromatic heterocycles. The van der Waals surface area contributed by atoms with Gasteiger partial charge in [0.1, 0.15) is 0 Å². The van der Waals surface area contributed by atoms with Crippen LogP contribution >= 0.6 is 0 Å². The quantitative estimate of drug-likeness (QED) is 0.601. The largest absolute Gasteiger partial charge is 0.317 e. The van der Waals surface area contributed by atoms with E-state index in [1.165, 1.54) is 37.0 Å². The fourth-order valence-corrected chi connectivity index (χ4v) is 2.80. The highest BCUT2D eigenvalue weighted by molar-refractivity contribution is 5.12. The first kappa shape index (κ1) is 14.3. The van der Waals surface area contributed by atoms with E-state index in [1.54, 1.807) is 0 Å². The minimum atomic E-state index is 0.659. The second kappa shape index (κ2) is 7.49. The van der Waals surface area contributed by atoms with E-state index >= 15 is 0 Å². The maximum absolute atomic E-state index is 4.74. The van der Waals surface area contributed by atoms with Crippen LogP contribution in [0.1, 0.15) is 57.7 Å².